The van der Waals surface area contributed by atoms with Crippen LogP contribution in [-0.2, 0) is 82.6 Å². The van der Waals surface area contributed by atoms with Crippen LogP contribution in [0.3, 0.4) is 0 Å². The summed E-state index contributed by atoms with van der Waals surface area (Å²) < 4.78 is 54.6. The van der Waals surface area contributed by atoms with Crippen molar-refractivity contribution >= 4 is 41.8 Å². The number of hydrogen-bond donors (Lipinski definition) is 1. The molecule has 1 heterocycles. The smallest absolute Gasteiger partial charge is 0.323 e. The number of nitrogens with one attached hydrogen (secondary N) is 1. The second kappa shape index (κ2) is 22.5. The van der Waals surface area contributed by atoms with Gasteiger partial charge in [0.2, 0.25) is 0 Å². The topological polar surface area (TPSA) is 215 Å². The van der Waals surface area contributed by atoms with Crippen molar-refractivity contribution in [2.24, 2.45) is 45.3 Å². The van der Waals surface area contributed by atoms with E-state index in [1.54, 1.807) is 0 Å². The lowest BCUT2D eigenvalue weighted by atomic mass is 9.35. The summed E-state index contributed by atoms with van der Waals surface area (Å²) in [5.41, 5.74) is -1.34. The Morgan fingerprint density at radius 3 is 1.90 bits per heavy atom. The number of fused-ring (bicyclic) bond motifs is 5. The molecular formula is C55H81NO16. The second-order valence-electron chi connectivity index (χ2n) is 22.8. The third-order valence-electron chi connectivity index (χ3n) is 18.1. The second-order valence-corrected chi connectivity index (χ2v) is 22.8. The first kappa shape index (κ1) is 56.7. The molecule has 402 valence electrons. The van der Waals surface area contributed by atoms with E-state index >= 15 is 0 Å². The van der Waals surface area contributed by atoms with Gasteiger partial charge in [0, 0.05) is 52.9 Å². The van der Waals surface area contributed by atoms with Crippen LogP contribution in [0.1, 0.15) is 146 Å². The summed E-state index contributed by atoms with van der Waals surface area (Å²) in [6.45, 7) is 21.2. The largest absolute Gasteiger partial charge is 0.468 e. The van der Waals surface area contributed by atoms with Crippen LogP contribution in [0.15, 0.2) is 30.3 Å². The molecule has 1 aliphatic heterocycles. The van der Waals surface area contributed by atoms with Crippen LogP contribution in [-0.4, -0.2) is 117 Å². The number of rotatable bonds is 18. The van der Waals surface area contributed by atoms with Gasteiger partial charge in [-0.2, -0.15) is 0 Å². The molecule has 4 aliphatic carbocycles. The van der Waals surface area contributed by atoms with Crippen LogP contribution in [0.5, 0.6) is 0 Å². The van der Waals surface area contributed by atoms with Gasteiger partial charge in [-0.3, -0.25) is 33.6 Å². The lowest BCUT2D eigenvalue weighted by Crippen LogP contribution is -2.67. The molecule has 1 aromatic carbocycles. The molecule has 17 nitrogen and oxygen atoms in total. The molecule has 1 saturated heterocycles. The van der Waals surface area contributed by atoms with E-state index in [1.165, 1.54) is 48.7 Å². The van der Waals surface area contributed by atoms with E-state index in [2.05, 4.69) is 39.9 Å². The summed E-state index contributed by atoms with van der Waals surface area (Å²) in [7, 11) is 1.36. The molecule has 0 bridgehead atoms. The predicted molar refractivity (Wildman–Crippen MR) is 260 cm³/mol. The molecule has 5 aliphatic rings. The minimum atomic E-state index is -1.47. The van der Waals surface area contributed by atoms with Gasteiger partial charge in [0.25, 0.3) is 0 Å². The first-order valence-corrected chi connectivity index (χ1v) is 25.9. The standard InChI is InChI=1S/C55H81NO16/c1-31(57)65-30-41-46(68-34(4)60)47(69-35(5)61)48(70-36(6)62)50(71-41)72-55(12,23-17-27-56-39(49(63)64-13)28-37-18-15-14-16-19-37)38-20-25-54(11)45(38)40(66-32(2)58)29-43-52(9)24-22-44(67-33(3)59)51(7,8)42(52)21-26-53(43,54)10/h14-16,18-19,38-48,50,56H,17,20-30H2,1-13H3/t38?,39-,40?,41+,42?,43?,44-,45-,46+,47-,48?,50+,52-,53+,54+,55?/m0/s1. The van der Waals surface area contributed by atoms with Crippen molar-refractivity contribution in [3.63, 3.8) is 0 Å². The number of ether oxygens (including phenoxy) is 9. The highest BCUT2D eigenvalue weighted by molar-refractivity contribution is 5.76. The van der Waals surface area contributed by atoms with Gasteiger partial charge >= 0.3 is 41.8 Å². The minimum Gasteiger partial charge on any atom is -0.468 e. The highest BCUT2D eigenvalue weighted by Gasteiger charge is 2.73. The third kappa shape index (κ3) is 11.7. The van der Waals surface area contributed by atoms with Crippen LogP contribution in [0.4, 0.5) is 0 Å². The molecule has 0 radical (unpaired) electrons. The molecule has 0 spiro atoms. The molecule has 0 aromatic heterocycles. The van der Waals surface area contributed by atoms with E-state index in [4.69, 9.17) is 42.6 Å². The monoisotopic (exact) mass is 1010 g/mol. The lowest BCUT2D eigenvalue weighted by molar-refractivity contribution is -0.339. The van der Waals surface area contributed by atoms with Gasteiger partial charge in [0.05, 0.1) is 12.7 Å². The highest BCUT2D eigenvalue weighted by Crippen LogP contribution is 2.76. The molecule has 72 heavy (non-hydrogen) atoms. The Morgan fingerprint density at radius 2 is 1.31 bits per heavy atom. The number of carbonyl (C=O) groups excluding carboxylic acids is 7. The van der Waals surface area contributed by atoms with Crippen molar-refractivity contribution in [3.05, 3.63) is 35.9 Å². The molecule has 0 amide bonds. The molecule has 6 rings (SSSR count). The Morgan fingerprint density at radius 1 is 0.708 bits per heavy atom. The first-order chi connectivity index (χ1) is 33.7. The number of benzene rings is 1. The normalized spacial score (nSPS) is 35.8. The molecule has 16 atom stereocenters. The fourth-order valence-corrected chi connectivity index (χ4v) is 15.0. The molecule has 1 N–H and O–H groups in total. The molecule has 6 unspecified atom stereocenters. The number of methoxy groups -OCH3 is 1. The van der Waals surface area contributed by atoms with Gasteiger partial charge < -0.3 is 47.9 Å². The Bertz CT molecular complexity index is 2150. The zero-order valence-electron chi connectivity index (χ0n) is 44.8. The summed E-state index contributed by atoms with van der Waals surface area (Å²) >= 11 is 0. The van der Waals surface area contributed by atoms with Crippen molar-refractivity contribution in [1.82, 2.24) is 5.32 Å². The van der Waals surface area contributed by atoms with E-state index < -0.39 is 96.3 Å². The van der Waals surface area contributed by atoms with Crippen molar-refractivity contribution in [1.29, 1.82) is 0 Å². The Kier molecular flexibility index (Phi) is 17.7. The average molecular weight is 1010 g/mol. The summed E-state index contributed by atoms with van der Waals surface area (Å²) in [5.74, 6) is -4.21. The maximum Gasteiger partial charge on any atom is 0.323 e. The molecule has 17 heteroatoms. The van der Waals surface area contributed by atoms with Gasteiger partial charge in [-0.25, -0.2) is 0 Å². The van der Waals surface area contributed by atoms with E-state index in [0.717, 1.165) is 37.7 Å². The zero-order chi connectivity index (χ0) is 53.1. The summed E-state index contributed by atoms with van der Waals surface area (Å²) in [6, 6.07) is 8.97. The molecule has 4 saturated carbocycles. The molecular weight excluding hydrogens is 931 g/mol. The van der Waals surface area contributed by atoms with Crippen LogP contribution >= 0.6 is 0 Å². The molecule has 1 aromatic rings. The summed E-state index contributed by atoms with van der Waals surface area (Å²) in [6.07, 6.45) is -1.14. The van der Waals surface area contributed by atoms with Gasteiger partial charge in [-0.15, -0.1) is 0 Å². The van der Waals surface area contributed by atoms with Crippen molar-refractivity contribution in [2.75, 3.05) is 20.3 Å². The van der Waals surface area contributed by atoms with Crippen LogP contribution in [0.25, 0.3) is 0 Å². The van der Waals surface area contributed by atoms with E-state index in [9.17, 15) is 33.6 Å². The zero-order valence-corrected chi connectivity index (χ0v) is 44.8. The Hall–Kier alpha value is -4.61. The average Bonchev–Trinajstić information content (AvgIpc) is 3.67. The SMILES string of the molecule is COC(=O)[C@H](Cc1ccccc1)NCCCC(C)(O[C@H]1O[C@H](COC(C)=O)[C@@H](OC(C)=O)[C@H](OC(C)=O)C1OC(C)=O)C1CC[C@]2(C)[C@@H]1C(OC(C)=O)CC1[C@@]3(C)CC[C@H](OC(C)=O)C(C)(C)C3CC[C@]12C. The first-order valence-electron chi connectivity index (χ1n) is 25.9. The van der Waals surface area contributed by atoms with E-state index in [1.807, 2.05) is 37.3 Å². The Labute approximate surface area is 425 Å². The van der Waals surface area contributed by atoms with Gasteiger partial charge in [-0.05, 0) is 117 Å². The summed E-state index contributed by atoms with van der Waals surface area (Å²) in [4.78, 5) is 89.7. The van der Waals surface area contributed by atoms with Crippen LogP contribution in [0, 0.1) is 45.3 Å². The predicted octanol–water partition coefficient (Wildman–Crippen LogP) is 7.16. The number of hydrogen-bond acceptors (Lipinski definition) is 17. The molecule has 5 fully saturated rings. The minimum absolute atomic E-state index is 0.140. The number of esters is 7. The van der Waals surface area contributed by atoms with E-state index in [-0.39, 0.29) is 52.0 Å². The van der Waals surface area contributed by atoms with Crippen molar-refractivity contribution in [2.45, 2.75) is 202 Å². The van der Waals surface area contributed by atoms with Gasteiger partial charge in [0.15, 0.2) is 24.6 Å². The third-order valence-corrected chi connectivity index (χ3v) is 18.1. The Balaban J connectivity index is 1.43. The van der Waals surface area contributed by atoms with Crippen molar-refractivity contribution in [3.8, 4) is 0 Å². The summed E-state index contributed by atoms with van der Waals surface area (Å²) in [5, 5.41) is 3.42. The van der Waals surface area contributed by atoms with E-state index in [0.29, 0.717) is 38.6 Å². The fraction of sp³-hybridized carbons (Fsp3) is 0.764. The van der Waals surface area contributed by atoms with Crippen LogP contribution < -0.4 is 5.32 Å². The van der Waals surface area contributed by atoms with Crippen LogP contribution in [0.2, 0.25) is 0 Å². The number of carbonyl (C=O) groups is 7. The highest BCUT2D eigenvalue weighted by atomic mass is 16.7. The maximum atomic E-state index is 13.4. The van der Waals surface area contributed by atoms with Crippen molar-refractivity contribution < 1.29 is 76.2 Å². The lowest BCUT2D eigenvalue weighted by Gasteiger charge is -2.70. The van der Waals surface area contributed by atoms with Gasteiger partial charge in [0.1, 0.15) is 31.0 Å². The van der Waals surface area contributed by atoms with Gasteiger partial charge in [-0.1, -0.05) is 65.0 Å². The fourth-order valence-electron chi connectivity index (χ4n) is 15.0. The maximum absolute atomic E-state index is 13.4. The quantitative estimate of drug-likeness (QED) is 0.0877.